The normalized spacial score (nSPS) is 13.3. The number of fused-ring (bicyclic) bond motifs is 4. The molecule has 0 atom stereocenters. The van der Waals surface area contributed by atoms with E-state index in [2.05, 4.69) is 30.9 Å². The number of hydrogen-bond donors (Lipinski definition) is 3. The maximum Gasteiger partial charge on any atom is 0.494 e. The Morgan fingerprint density at radius 3 is 3.06 bits per heavy atom. The lowest BCUT2D eigenvalue weighted by Crippen LogP contribution is -2.36. The molecule has 7 heteroatoms. The number of aromatic nitrogens is 2. The zero-order valence-corrected chi connectivity index (χ0v) is 10.3. The molecule has 2 heterocycles. The van der Waals surface area contributed by atoms with Gasteiger partial charge in [-0.2, -0.15) is 9.90 Å². The van der Waals surface area contributed by atoms with Gasteiger partial charge in [0, 0.05) is 18.2 Å². The average Bonchev–Trinajstić information content (AvgIpc) is 2.74. The van der Waals surface area contributed by atoms with Gasteiger partial charge in [-0.1, -0.05) is 0 Å². The lowest BCUT2D eigenvalue weighted by atomic mass is 10.1. The summed E-state index contributed by atoms with van der Waals surface area (Å²) in [6.45, 7) is 0.914. The van der Waals surface area contributed by atoms with Gasteiger partial charge in [-0.3, -0.25) is 5.43 Å². The van der Waals surface area contributed by atoms with Gasteiger partial charge < -0.3 is 4.90 Å². The molecule has 2 aromatic rings. The van der Waals surface area contributed by atoms with Crippen molar-refractivity contribution in [3.63, 3.8) is 0 Å². The number of H-pyrrole nitrogens is 2. The van der Waals surface area contributed by atoms with Crippen molar-refractivity contribution >= 4 is 16.7 Å². The van der Waals surface area contributed by atoms with E-state index in [1.807, 2.05) is 20.2 Å². The fraction of sp³-hybridized carbons (Fsp3) is 0.364. The Labute approximate surface area is 103 Å². The molecule has 1 aliphatic rings. The molecule has 1 aromatic heterocycles. The molecule has 0 unspecified atom stereocenters. The number of hydrogen-bond acceptors (Lipinski definition) is 5. The Morgan fingerprint density at radius 1 is 1.44 bits per heavy atom. The molecule has 3 rings (SSSR count). The Bertz CT molecular complexity index is 704. The van der Waals surface area contributed by atoms with Crippen LogP contribution in [0.2, 0.25) is 0 Å². The average molecular weight is 247 g/mol. The Morgan fingerprint density at radius 2 is 2.28 bits per heavy atom. The molecule has 0 spiro atoms. The second-order valence-electron chi connectivity index (χ2n) is 4.65. The van der Waals surface area contributed by atoms with Gasteiger partial charge >= 0.3 is 5.69 Å². The molecule has 1 aromatic carbocycles. The molecule has 0 aliphatic carbocycles. The van der Waals surface area contributed by atoms with Gasteiger partial charge in [0.25, 0.3) is 0 Å². The first-order valence-electron chi connectivity index (χ1n) is 5.79. The van der Waals surface area contributed by atoms with Gasteiger partial charge in [0.1, 0.15) is 5.52 Å². The molecule has 0 amide bonds. The number of rotatable bonds is 3. The van der Waals surface area contributed by atoms with Crippen LogP contribution >= 0.6 is 0 Å². The van der Waals surface area contributed by atoms with Crippen molar-refractivity contribution in [3.05, 3.63) is 27.5 Å². The van der Waals surface area contributed by atoms with Crippen LogP contribution in [0, 0.1) is 0 Å². The van der Waals surface area contributed by atoms with E-state index < -0.39 is 0 Å². The zero-order chi connectivity index (χ0) is 12.7. The number of hydrazine groups is 1. The van der Waals surface area contributed by atoms with E-state index in [-0.39, 0.29) is 5.69 Å². The van der Waals surface area contributed by atoms with E-state index in [1.54, 1.807) is 0 Å². The van der Waals surface area contributed by atoms with Gasteiger partial charge in [0.2, 0.25) is 0 Å². The quantitative estimate of drug-likeness (QED) is 0.624. The highest BCUT2D eigenvalue weighted by Gasteiger charge is 2.19. The Balaban J connectivity index is 2.22. The predicted octanol–water partition coefficient (Wildman–Crippen LogP) is -1.37. The zero-order valence-electron chi connectivity index (χ0n) is 10.3. The number of nitrogens with zero attached hydrogens (tertiary/aromatic N) is 2. The van der Waals surface area contributed by atoms with Gasteiger partial charge in [-0.15, -0.1) is 0 Å². The smallest absolute Gasteiger partial charge is 0.309 e. The summed E-state index contributed by atoms with van der Waals surface area (Å²) in [7, 11) is 4.05. The summed E-state index contributed by atoms with van der Waals surface area (Å²) in [4.78, 5) is 19.3. The fourth-order valence-electron chi connectivity index (χ4n) is 2.18. The molecule has 0 saturated carbocycles. The van der Waals surface area contributed by atoms with Crippen LogP contribution in [0.4, 0.5) is 5.69 Å². The van der Waals surface area contributed by atoms with Crippen LogP contribution in [-0.4, -0.2) is 30.5 Å². The minimum absolute atomic E-state index is 0.210. The summed E-state index contributed by atoms with van der Waals surface area (Å²) < 4.78 is 0. The van der Waals surface area contributed by atoms with E-state index in [9.17, 15) is 4.79 Å². The summed E-state index contributed by atoms with van der Waals surface area (Å²) >= 11 is 0. The summed E-state index contributed by atoms with van der Waals surface area (Å²) in [6, 6.07) is 1.91. The first-order chi connectivity index (χ1) is 8.65. The molecule has 94 valence electrons. The van der Waals surface area contributed by atoms with Crippen LogP contribution in [0.5, 0.6) is 0 Å². The highest BCUT2D eigenvalue weighted by molar-refractivity contribution is 5.74. The number of nitrogens with one attached hydrogen (secondary N) is 4. The van der Waals surface area contributed by atoms with Crippen molar-refractivity contribution in [2.45, 2.75) is 6.42 Å². The third-order valence-electron chi connectivity index (χ3n) is 3.06. The lowest BCUT2D eigenvalue weighted by molar-refractivity contribution is -0.372. The largest absolute Gasteiger partial charge is 0.494 e. The summed E-state index contributed by atoms with van der Waals surface area (Å²) in [6.07, 6.45) is 0.855. The highest BCUT2D eigenvalue weighted by atomic mass is 16.1. The Hall–Kier alpha value is -2.15. The van der Waals surface area contributed by atoms with Gasteiger partial charge in [0.15, 0.2) is 10.9 Å². The van der Waals surface area contributed by atoms with E-state index in [0.29, 0.717) is 0 Å². The van der Waals surface area contributed by atoms with E-state index in [1.165, 1.54) is 0 Å². The van der Waals surface area contributed by atoms with Crippen molar-refractivity contribution in [2.24, 2.45) is 5.10 Å². The molecule has 0 radical (unpaired) electrons. The fourth-order valence-corrected chi connectivity index (χ4v) is 2.18. The van der Waals surface area contributed by atoms with Crippen molar-refractivity contribution in [1.82, 2.24) is 15.4 Å². The second-order valence-corrected chi connectivity index (χ2v) is 4.65. The second kappa shape index (κ2) is 3.95. The maximum atomic E-state index is 11.5. The summed E-state index contributed by atoms with van der Waals surface area (Å²) in [5, 5.41) is 4.92. The first-order valence-corrected chi connectivity index (χ1v) is 5.79. The van der Waals surface area contributed by atoms with Gasteiger partial charge in [0.05, 0.1) is 5.69 Å². The molecule has 4 N–H and O–H groups in total. The standard InChI is InChI=1S/C11H14N6O/c1-17(2)4-3-6-7-5-8-10(15-16-14-8)9(6)13-11(18)12-7/h5,14,16H,3-4H2,1-2H3,(H,12,13,18)/p+1. The topological polar surface area (TPSA) is 86.7 Å². The molecule has 18 heavy (non-hydrogen) atoms. The van der Waals surface area contributed by atoms with Crippen LogP contribution in [0.15, 0.2) is 16.0 Å². The number of anilines is 1. The van der Waals surface area contributed by atoms with Gasteiger partial charge in [-0.25, -0.2) is 15.5 Å². The van der Waals surface area contributed by atoms with Crippen LogP contribution in [0.25, 0.3) is 11.0 Å². The van der Waals surface area contributed by atoms with Crippen molar-refractivity contribution in [2.75, 3.05) is 26.1 Å². The van der Waals surface area contributed by atoms with Crippen molar-refractivity contribution in [1.29, 1.82) is 0 Å². The van der Waals surface area contributed by atoms with Crippen LogP contribution in [-0.2, 0) is 6.42 Å². The van der Waals surface area contributed by atoms with Gasteiger partial charge in [-0.05, 0) is 20.5 Å². The molecule has 0 fully saturated rings. The third-order valence-corrected chi connectivity index (χ3v) is 3.06. The summed E-state index contributed by atoms with van der Waals surface area (Å²) in [5.74, 6) is 0. The SMILES string of the molecule is CN(C)CCc1c2cc3c(c1[nH+]c(=O)[nH]2)=NNN3. The van der Waals surface area contributed by atoms with E-state index in [4.69, 9.17) is 0 Å². The number of aromatic amines is 2. The minimum Gasteiger partial charge on any atom is -0.309 e. The minimum atomic E-state index is -0.210. The van der Waals surface area contributed by atoms with Crippen molar-refractivity contribution in [3.8, 4) is 0 Å². The Kier molecular flexibility index (Phi) is 2.41. The third kappa shape index (κ3) is 1.68. The summed E-state index contributed by atoms with van der Waals surface area (Å²) in [5.41, 5.74) is 9.05. The molecule has 0 saturated heterocycles. The maximum absolute atomic E-state index is 11.5. The molecule has 2 bridgehead atoms. The predicted molar refractivity (Wildman–Crippen MR) is 66.9 cm³/mol. The molecular formula is C11H15N6O+. The number of likely N-dealkylation sites (N-methyl/N-ethyl adjacent to an activating group) is 1. The van der Waals surface area contributed by atoms with E-state index in [0.717, 1.165) is 40.6 Å². The molecule has 1 aliphatic heterocycles. The monoisotopic (exact) mass is 247 g/mol. The highest BCUT2D eigenvalue weighted by Crippen LogP contribution is 2.16. The molecular weight excluding hydrogens is 232 g/mol. The first kappa shape index (κ1) is 11.0. The lowest BCUT2D eigenvalue weighted by Gasteiger charge is -2.10. The number of benzene rings is 1. The van der Waals surface area contributed by atoms with Crippen LogP contribution < -0.4 is 27.0 Å². The van der Waals surface area contributed by atoms with Crippen molar-refractivity contribution < 1.29 is 4.98 Å². The van der Waals surface area contributed by atoms with Crippen LogP contribution in [0.3, 0.4) is 0 Å². The van der Waals surface area contributed by atoms with Crippen LogP contribution in [0.1, 0.15) is 5.56 Å². The molecule has 7 nitrogen and oxygen atoms in total. The van der Waals surface area contributed by atoms with E-state index >= 15 is 0 Å².